The van der Waals surface area contributed by atoms with Crippen LogP contribution in [-0.4, -0.2) is 76.0 Å². The van der Waals surface area contributed by atoms with Gasteiger partial charge in [-0.15, -0.1) is 0 Å². The van der Waals surface area contributed by atoms with Crippen molar-refractivity contribution in [2.24, 2.45) is 5.73 Å². The van der Waals surface area contributed by atoms with Gasteiger partial charge in [0.25, 0.3) is 11.5 Å². The van der Waals surface area contributed by atoms with E-state index in [9.17, 15) is 37.1 Å². The molecule has 0 aliphatic rings. The summed E-state index contributed by atoms with van der Waals surface area (Å²) in [4.78, 5) is 75.3. The number of methoxy groups -OCH3 is 1. The monoisotopic (exact) mass is 593 g/mol. The van der Waals surface area contributed by atoms with Gasteiger partial charge < -0.3 is 26.8 Å². The summed E-state index contributed by atoms with van der Waals surface area (Å²) in [5.74, 6) is -4.49. The summed E-state index contributed by atoms with van der Waals surface area (Å²) in [6.45, 7) is -0.299. The third-order valence-corrected chi connectivity index (χ3v) is 5.65. The Bertz CT molecular complexity index is 1530. The van der Waals surface area contributed by atoms with E-state index in [1.165, 1.54) is 0 Å². The highest BCUT2D eigenvalue weighted by molar-refractivity contribution is 5.99. The lowest BCUT2D eigenvalue weighted by molar-refractivity contribution is -0.170. The minimum absolute atomic E-state index is 0.0691. The van der Waals surface area contributed by atoms with E-state index in [0.29, 0.717) is 4.90 Å². The Kier molecular flexibility index (Phi) is 10.1. The van der Waals surface area contributed by atoms with E-state index in [1.807, 2.05) is 0 Å². The number of fused-ring (bicyclic) bond motifs is 1. The number of anilines is 2. The molecule has 18 heteroatoms. The van der Waals surface area contributed by atoms with E-state index in [-0.39, 0.29) is 60.0 Å². The number of aromatic nitrogens is 4. The predicted molar refractivity (Wildman–Crippen MR) is 141 cm³/mol. The summed E-state index contributed by atoms with van der Waals surface area (Å²) >= 11 is 0. The zero-order valence-electron chi connectivity index (χ0n) is 22.0. The molecule has 2 aromatic heterocycles. The number of carbonyl (C=O) groups is 4. The van der Waals surface area contributed by atoms with Gasteiger partial charge in [0.15, 0.2) is 11.2 Å². The molecule has 0 bridgehead atoms. The van der Waals surface area contributed by atoms with Gasteiger partial charge in [0.05, 0.1) is 25.5 Å². The summed E-state index contributed by atoms with van der Waals surface area (Å²) in [6.07, 6.45) is -4.47. The van der Waals surface area contributed by atoms with E-state index in [1.54, 1.807) is 0 Å². The van der Waals surface area contributed by atoms with Gasteiger partial charge in [-0.25, -0.2) is 14.8 Å². The lowest BCUT2D eigenvalue weighted by Gasteiger charge is -2.24. The second-order valence-corrected chi connectivity index (χ2v) is 8.65. The van der Waals surface area contributed by atoms with Crippen LogP contribution in [0, 0.1) is 0 Å². The zero-order chi connectivity index (χ0) is 31.0. The van der Waals surface area contributed by atoms with Crippen LogP contribution < -0.4 is 32.6 Å². The Hall–Kier alpha value is -5.13. The van der Waals surface area contributed by atoms with E-state index in [4.69, 9.17) is 11.5 Å². The summed E-state index contributed by atoms with van der Waals surface area (Å²) in [6, 6.07) is 3.22. The largest absolute Gasteiger partial charge is 0.471 e. The molecule has 3 amide bonds. The highest BCUT2D eigenvalue weighted by Crippen LogP contribution is 2.26. The molecule has 224 valence electrons. The minimum Gasteiger partial charge on any atom is -0.467 e. The Labute approximate surface area is 234 Å². The first-order chi connectivity index (χ1) is 19.8. The Morgan fingerprint density at radius 3 is 2.45 bits per heavy atom. The molecular weight excluding hydrogens is 567 g/mol. The highest BCUT2D eigenvalue weighted by atomic mass is 19.4. The van der Waals surface area contributed by atoms with Crippen LogP contribution in [0.1, 0.15) is 28.9 Å². The smallest absolute Gasteiger partial charge is 0.467 e. The maximum absolute atomic E-state index is 13.5. The second-order valence-electron chi connectivity index (χ2n) is 8.65. The van der Waals surface area contributed by atoms with Crippen molar-refractivity contribution in [3.8, 4) is 0 Å². The number of halogens is 3. The van der Waals surface area contributed by atoms with Gasteiger partial charge in [0.2, 0.25) is 11.9 Å². The summed E-state index contributed by atoms with van der Waals surface area (Å²) < 4.78 is 45.0. The molecule has 1 aromatic carbocycles. The molecule has 0 saturated carbocycles. The zero-order valence-corrected chi connectivity index (χ0v) is 22.0. The number of nitrogen functional groups attached to an aromatic ring is 1. The van der Waals surface area contributed by atoms with Crippen molar-refractivity contribution in [3.63, 3.8) is 0 Å². The summed E-state index contributed by atoms with van der Waals surface area (Å²) in [5, 5.41) is 4.94. The minimum atomic E-state index is -5.28. The van der Waals surface area contributed by atoms with Crippen LogP contribution in [0.15, 0.2) is 35.3 Å². The molecule has 0 spiro atoms. The Balaban J connectivity index is 1.82. The lowest BCUT2D eigenvalue weighted by atomic mass is 10.1. The number of rotatable bonds is 11. The number of hydrogen-bond donors (Lipinski definition) is 5. The number of H-pyrrole nitrogens is 1. The van der Waals surface area contributed by atoms with Crippen LogP contribution in [0.2, 0.25) is 0 Å². The molecule has 3 rings (SSSR count). The van der Waals surface area contributed by atoms with Crippen molar-refractivity contribution in [2.45, 2.75) is 31.6 Å². The van der Waals surface area contributed by atoms with Crippen LogP contribution in [0.3, 0.4) is 0 Å². The highest BCUT2D eigenvalue weighted by Gasteiger charge is 2.43. The number of esters is 1. The molecule has 42 heavy (non-hydrogen) atoms. The number of benzene rings is 1. The molecular formula is C24H26F3N9O6. The molecule has 0 aliphatic heterocycles. The van der Waals surface area contributed by atoms with Gasteiger partial charge in [-0.05, 0) is 30.7 Å². The number of alkyl halides is 3. The fourth-order valence-corrected chi connectivity index (χ4v) is 3.64. The predicted octanol–water partition coefficient (Wildman–Crippen LogP) is -0.483. The second kappa shape index (κ2) is 13.5. The van der Waals surface area contributed by atoms with Gasteiger partial charge in [-0.1, -0.05) is 0 Å². The van der Waals surface area contributed by atoms with Crippen molar-refractivity contribution < 1.29 is 37.1 Å². The Morgan fingerprint density at radius 1 is 1.14 bits per heavy atom. The number of nitrogens with zero attached hydrogens (tertiary/aromatic N) is 4. The van der Waals surface area contributed by atoms with Crippen molar-refractivity contribution in [1.29, 1.82) is 0 Å². The van der Waals surface area contributed by atoms with Crippen LogP contribution in [0.25, 0.3) is 11.2 Å². The molecule has 15 nitrogen and oxygen atoms in total. The third-order valence-electron chi connectivity index (χ3n) is 5.65. The van der Waals surface area contributed by atoms with Crippen molar-refractivity contribution in [3.05, 3.63) is 52.1 Å². The van der Waals surface area contributed by atoms with Gasteiger partial charge in [0.1, 0.15) is 6.04 Å². The quantitative estimate of drug-likeness (QED) is 0.178. The number of ether oxygens (including phenoxy) is 1. The number of hydrogen-bond acceptors (Lipinski definition) is 11. The van der Waals surface area contributed by atoms with Crippen molar-refractivity contribution >= 4 is 46.5 Å². The average molecular weight is 594 g/mol. The molecule has 0 aliphatic carbocycles. The fourth-order valence-electron chi connectivity index (χ4n) is 3.64. The number of amides is 3. The molecule has 3 aromatic rings. The van der Waals surface area contributed by atoms with E-state index >= 15 is 0 Å². The maximum atomic E-state index is 13.5. The number of carbonyl (C=O) groups excluding carboxylic acids is 4. The van der Waals surface area contributed by atoms with E-state index in [0.717, 1.165) is 37.6 Å². The van der Waals surface area contributed by atoms with Crippen LogP contribution >= 0.6 is 0 Å². The third kappa shape index (κ3) is 7.96. The number of nitrogens with one attached hydrogen (secondary N) is 3. The van der Waals surface area contributed by atoms with Gasteiger partial charge >= 0.3 is 18.1 Å². The first-order valence-corrected chi connectivity index (χ1v) is 12.2. The molecule has 2 heterocycles. The summed E-state index contributed by atoms with van der Waals surface area (Å²) in [5.41, 5.74) is 9.04. The van der Waals surface area contributed by atoms with Crippen molar-refractivity contribution in [1.82, 2.24) is 30.6 Å². The van der Waals surface area contributed by atoms with Crippen LogP contribution in [0.4, 0.5) is 24.8 Å². The maximum Gasteiger partial charge on any atom is 0.471 e. The molecule has 7 N–H and O–H groups in total. The number of nitrogens with two attached hydrogens (primary N) is 2. The molecule has 1 atom stereocenters. The summed E-state index contributed by atoms with van der Waals surface area (Å²) in [7, 11) is 1.10. The Morgan fingerprint density at radius 2 is 1.83 bits per heavy atom. The topological polar surface area (TPSA) is 228 Å². The lowest BCUT2D eigenvalue weighted by Crippen LogP contribution is -2.42. The SMILES string of the molecule is COC(=O)C(CCC(=O)NCCN)NC(=O)c1ccc(N(Cc2cnc3nc(N)[nH]c(=O)c3n2)C(=O)C(F)(F)F)cc1. The molecule has 0 fully saturated rings. The van der Waals surface area contributed by atoms with Crippen LogP contribution in [0.5, 0.6) is 0 Å². The van der Waals surface area contributed by atoms with Gasteiger partial charge in [0, 0.05) is 30.8 Å². The first-order valence-electron chi connectivity index (χ1n) is 12.2. The van der Waals surface area contributed by atoms with Crippen LogP contribution in [-0.2, 0) is 25.7 Å². The first kappa shape index (κ1) is 31.4. The normalized spacial score (nSPS) is 11.9. The standard InChI is InChI=1S/C24H26F3N9O6/c1-42-21(40)15(6-7-16(37)30-9-8-28)33-19(38)12-2-4-14(5-3-12)36(22(41)24(25,26)27)11-13-10-31-18-17(32-13)20(39)35-23(29)34-18/h2-5,10,15H,6-9,11,28H2,1H3,(H,30,37)(H,33,38)(H3,29,31,34,35,39). The van der Waals surface area contributed by atoms with Crippen molar-refractivity contribution in [2.75, 3.05) is 30.8 Å². The molecule has 0 radical (unpaired) electrons. The molecule has 1 unspecified atom stereocenters. The van der Waals surface area contributed by atoms with E-state index in [2.05, 4.69) is 35.3 Å². The average Bonchev–Trinajstić information content (AvgIpc) is 2.95. The van der Waals surface area contributed by atoms with E-state index < -0.39 is 48.0 Å². The van der Waals surface area contributed by atoms with Gasteiger partial charge in [-0.2, -0.15) is 18.2 Å². The number of aromatic amines is 1. The molecule has 0 saturated heterocycles. The fraction of sp³-hybridized carbons (Fsp3) is 0.333. The van der Waals surface area contributed by atoms with Gasteiger partial charge in [-0.3, -0.25) is 29.1 Å².